The Kier molecular flexibility index (Phi) is 19.4. The maximum absolute atomic E-state index is 14.6. The second-order valence-electron chi connectivity index (χ2n) is 25.4. The van der Waals surface area contributed by atoms with E-state index in [1.54, 1.807) is 4.90 Å². The monoisotopic (exact) mass is 1300 g/mol. The van der Waals surface area contributed by atoms with E-state index in [9.17, 15) is 24.3 Å². The molecule has 0 bridgehead atoms. The van der Waals surface area contributed by atoms with Gasteiger partial charge in [0, 0.05) is 82.8 Å². The van der Waals surface area contributed by atoms with Crippen molar-refractivity contribution in [1.29, 1.82) is 0 Å². The molecule has 4 saturated heterocycles. The van der Waals surface area contributed by atoms with Crippen molar-refractivity contribution < 1.29 is 24.3 Å². The number of carboxylic acid groups (broad SMARTS) is 1. The number of hydrogen-bond donors (Lipinski definition) is 2. The summed E-state index contributed by atoms with van der Waals surface area (Å²) in [6.07, 6.45) is 2.62. The molecule has 87 heavy (non-hydrogen) atoms. The van der Waals surface area contributed by atoms with Gasteiger partial charge in [0.05, 0.1) is 18.1 Å². The van der Waals surface area contributed by atoms with E-state index >= 15 is 0 Å². The van der Waals surface area contributed by atoms with Crippen LogP contribution in [0.4, 0.5) is 0 Å². The van der Waals surface area contributed by atoms with E-state index in [-0.39, 0.29) is 59.8 Å². The molecule has 4 fully saturated rings. The van der Waals surface area contributed by atoms with Gasteiger partial charge < -0.3 is 44.7 Å². The second kappa shape index (κ2) is 26.0. The number of hydrogen-bond acceptors (Lipinski definition) is 13. The number of rotatable bonds is 12. The van der Waals surface area contributed by atoms with Crippen molar-refractivity contribution in [1.82, 2.24) is 39.6 Å². The molecular formula is C66H80Cl4N10O5S2. The van der Waals surface area contributed by atoms with Gasteiger partial charge in [0.25, 0.3) is 11.8 Å². The minimum absolute atomic E-state index is 0.00250. The van der Waals surface area contributed by atoms with Crippen LogP contribution in [0.5, 0.6) is 0 Å². The van der Waals surface area contributed by atoms with Crippen LogP contribution in [0.25, 0.3) is 0 Å². The standard InChI is InChI=1S/C33H39Cl2N5O2S.C28H29Cl2N3O3S.C5H12N2/c1-19(2)27-28(31(42)39-20(3)7-16-26(39)30(41)38(6)25-17-37(5)18-25)43-32-36-33(4,22-10-14-24(35)15-11-22)29(40(27)32)21-8-12-23(34)13-9-21;1-15(2)22-23(25(34)32-16(3)5-14-21(32)26(35)36)37-27-31-28(4,18-8-12-20(30)13-9-18)24(33(22)27)17-6-10-19(29)11-7-17;1-6-5-3-7(2)4-5/h8-15,19-20,25-26,29H,7,16-18H2,1-6H3;6-13,15-16,21,24H,5,14H2,1-4H3,(H,35,36);5-6H,3-4H2,1-2H3/t20-,26+,29-,33+;16-,21+,24-,28+;/m11./s1. The summed E-state index contributed by atoms with van der Waals surface area (Å²) in [4.78, 5) is 80.2. The number of amides is 3. The highest BCUT2D eigenvalue weighted by Gasteiger charge is 2.57. The van der Waals surface area contributed by atoms with Gasteiger partial charge >= 0.3 is 5.97 Å². The van der Waals surface area contributed by atoms with Gasteiger partial charge in [-0.05, 0) is 181 Å². The Balaban J connectivity index is 0.000000174. The number of benzene rings is 4. The number of aliphatic imine (C=N–C) groups is 2. The number of fused-ring (bicyclic) bond motifs is 2. The van der Waals surface area contributed by atoms with Crippen molar-refractivity contribution >= 4 is 104 Å². The summed E-state index contributed by atoms with van der Waals surface area (Å²) in [7, 11) is 8.09. The average molecular weight is 1300 g/mol. The van der Waals surface area contributed by atoms with Gasteiger partial charge in [0.2, 0.25) is 5.91 Å². The van der Waals surface area contributed by atoms with Crippen LogP contribution in [0.1, 0.15) is 115 Å². The highest BCUT2D eigenvalue weighted by molar-refractivity contribution is 8.18. The highest BCUT2D eigenvalue weighted by Crippen LogP contribution is 2.58. The zero-order valence-electron chi connectivity index (χ0n) is 51.6. The van der Waals surface area contributed by atoms with Gasteiger partial charge in [-0.25, -0.2) is 14.8 Å². The molecule has 0 aromatic heterocycles. The maximum Gasteiger partial charge on any atom is 0.326 e. The minimum Gasteiger partial charge on any atom is -0.480 e. The second-order valence-corrected chi connectivity index (χ2v) is 29.1. The van der Waals surface area contributed by atoms with Crippen LogP contribution in [-0.2, 0) is 30.3 Å². The number of carboxylic acids is 1. The summed E-state index contributed by atoms with van der Waals surface area (Å²) >= 11 is 27.8. The van der Waals surface area contributed by atoms with Crippen molar-refractivity contribution in [2.75, 3.05) is 54.4 Å². The number of likely N-dealkylation sites (tertiary alicyclic amines) is 4. The zero-order valence-corrected chi connectivity index (χ0v) is 56.3. The molecule has 15 nitrogen and oxygen atoms in total. The minimum atomic E-state index is -0.959. The number of carbonyl (C=O) groups is 4. The number of aliphatic carboxylic acids is 1. The lowest BCUT2D eigenvalue weighted by Crippen LogP contribution is -2.61. The highest BCUT2D eigenvalue weighted by atomic mass is 35.5. The first-order chi connectivity index (χ1) is 41.2. The van der Waals surface area contributed by atoms with Gasteiger partial charge in [-0.2, -0.15) is 0 Å². The fourth-order valence-corrected chi connectivity index (χ4v) is 16.9. The van der Waals surface area contributed by atoms with Crippen LogP contribution in [0.2, 0.25) is 20.1 Å². The van der Waals surface area contributed by atoms with E-state index in [4.69, 9.17) is 56.4 Å². The van der Waals surface area contributed by atoms with Crippen LogP contribution in [0, 0.1) is 11.8 Å². The Bertz CT molecular complexity index is 3390. The predicted octanol–water partition coefficient (Wildman–Crippen LogP) is 12.6. The summed E-state index contributed by atoms with van der Waals surface area (Å²) in [5.41, 5.74) is 4.66. The summed E-state index contributed by atoms with van der Waals surface area (Å²) in [5, 5.41) is 17.1. The summed E-state index contributed by atoms with van der Waals surface area (Å²) in [6.45, 7) is 20.8. The SMILES string of the molecule is CC(C)C1=C(C(=O)N2[C@H](C)CC[C@H]2C(=O)N(C)C2CN(C)C2)SC2=N[C@@](C)(c3ccc(Cl)cc3)[C@@H](c3ccc(Cl)cc3)N21.CC(C)C1=C(C(=O)N2[C@H](C)CC[C@H]2C(=O)O)SC2=N[C@@](C)(c3ccc(Cl)cc3)[C@@H](c3ccc(Cl)cc3)N21.CNC1CN(C)C1. The number of likely N-dealkylation sites (N-methyl/N-ethyl adjacent to an activating group) is 4. The lowest BCUT2D eigenvalue weighted by Gasteiger charge is -2.43. The molecule has 0 saturated carbocycles. The predicted molar refractivity (Wildman–Crippen MR) is 354 cm³/mol. The van der Waals surface area contributed by atoms with Crippen LogP contribution in [-0.4, -0.2) is 164 Å². The zero-order chi connectivity index (χ0) is 62.7. The van der Waals surface area contributed by atoms with Crippen molar-refractivity contribution in [3.05, 3.63) is 161 Å². The molecule has 8 atom stereocenters. The fraction of sp³-hybridized carbons (Fsp3) is 0.485. The molecule has 8 heterocycles. The molecule has 0 spiro atoms. The number of amidine groups is 2. The Hall–Kier alpha value is -5.08. The Morgan fingerprint density at radius 3 is 1.28 bits per heavy atom. The lowest BCUT2D eigenvalue weighted by atomic mass is 9.81. The van der Waals surface area contributed by atoms with E-state index in [2.05, 4.69) is 87.5 Å². The third-order valence-corrected chi connectivity index (χ3v) is 21.6. The number of thioether (sulfide) groups is 2. The Labute approximate surface area is 541 Å². The number of carbonyl (C=O) groups excluding carboxylic acids is 3. The molecule has 4 aromatic rings. The first kappa shape index (κ1) is 64.9. The van der Waals surface area contributed by atoms with E-state index < -0.39 is 29.1 Å². The third-order valence-electron chi connectivity index (χ3n) is 18.5. The molecule has 4 aromatic carbocycles. The van der Waals surface area contributed by atoms with Crippen LogP contribution < -0.4 is 5.32 Å². The summed E-state index contributed by atoms with van der Waals surface area (Å²) < 4.78 is 0. The number of allylic oxidation sites excluding steroid dienone is 2. The normalized spacial score (nSPS) is 27.2. The van der Waals surface area contributed by atoms with Gasteiger partial charge in [-0.15, -0.1) is 0 Å². The molecule has 0 aliphatic carbocycles. The number of nitrogens with one attached hydrogen (secondary N) is 1. The van der Waals surface area contributed by atoms with E-state index in [0.29, 0.717) is 49.2 Å². The molecule has 3 amide bonds. The first-order valence-corrected chi connectivity index (χ1v) is 33.2. The van der Waals surface area contributed by atoms with Gasteiger partial charge in [-0.3, -0.25) is 14.4 Å². The maximum atomic E-state index is 14.6. The molecule has 8 aliphatic rings. The van der Waals surface area contributed by atoms with E-state index in [0.717, 1.165) is 69.5 Å². The summed E-state index contributed by atoms with van der Waals surface area (Å²) in [6, 6.07) is 30.4. The molecule has 21 heteroatoms. The molecular weight excluding hydrogens is 1220 g/mol. The molecule has 2 N–H and O–H groups in total. The quantitative estimate of drug-likeness (QED) is 0.139. The van der Waals surface area contributed by atoms with E-state index in [1.807, 2.05) is 128 Å². The third kappa shape index (κ3) is 12.5. The summed E-state index contributed by atoms with van der Waals surface area (Å²) in [5.74, 6) is -1.18. The molecule has 0 unspecified atom stereocenters. The van der Waals surface area contributed by atoms with Crippen LogP contribution in [0.3, 0.4) is 0 Å². The average Bonchev–Trinajstić information content (AvgIpc) is 1.72. The number of nitrogens with zero attached hydrogens (tertiary/aromatic N) is 9. The van der Waals surface area contributed by atoms with Crippen molar-refractivity contribution in [2.45, 2.75) is 140 Å². The topological polar surface area (TPSA) is 148 Å². The molecule has 8 aliphatic heterocycles. The Morgan fingerprint density at radius 1 is 0.586 bits per heavy atom. The van der Waals surface area contributed by atoms with Crippen molar-refractivity contribution in [3.8, 4) is 0 Å². The smallest absolute Gasteiger partial charge is 0.326 e. The fourth-order valence-electron chi connectivity index (χ4n) is 13.7. The molecule has 0 radical (unpaired) electrons. The number of halogens is 4. The van der Waals surface area contributed by atoms with Crippen molar-refractivity contribution in [2.24, 2.45) is 21.8 Å². The lowest BCUT2D eigenvalue weighted by molar-refractivity contribution is -0.147. The first-order valence-electron chi connectivity index (χ1n) is 30.1. The van der Waals surface area contributed by atoms with E-state index in [1.165, 1.54) is 36.6 Å². The molecule has 464 valence electrons. The Morgan fingerprint density at radius 2 is 0.943 bits per heavy atom. The van der Waals surface area contributed by atoms with Gasteiger partial charge in [-0.1, -0.05) is 123 Å². The van der Waals surface area contributed by atoms with Gasteiger partial charge in [0.1, 0.15) is 33.0 Å². The van der Waals surface area contributed by atoms with Crippen molar-refractivity contribution in [3.63, 3.8) is 0 Å². The van der Waals surface area contributed by atoms with Crippen LogP contribution in [0.15, 0.2) is 128 Å². The van der Waals surface area contributed by atoms with Gasteiger partial charge in [0.15, 0.2) is 10.3 Å². The van der Waals surface area contributed by atoms with Crippen LogP contribution >= 0.6 is 69.9 Å². The largest absolute Gasteiger partial charge is 0.480 e. The molecule has 12 rings (SSSR count).